The number of thiol groups is 1. The zero-order chi connectivity index (χ0) is 9.52. The summed E-state index contributed by atoms with van der Waals surface area (Å²) in [5, 5.41) is 0. The number of rotatable bonds is 5. The first kappa shape index (κ1) is 11.3. The van der Waals surface area contributed by atoms with Crippen molar-refractivity contribution in [1.82, 2.24) is 4.90 Å². The van der Waals surface area contributed by atoms with Gasteiger partial charge >= 0.3 is 0 Å². The minimum atomic E-state index is 0.0599. The van der Waals surface area contributed by atoms with E-state index in [4.69, 9.17) is 9.47 Å². The first-order chi connectivity index (χ1) is 6.29. The molecule has 0 amide bonds. The number of hydrogen-bond donors (Lipinski definition) is 1. The van der Waals surface area contributed by atoms with Crippen molar-refractivity contribution < 1.29 is 9.47 Å². The third kappa shape index (κ3) is 5.52. The van der Waals surface area contributed by atoms with Crippen LogP contribution in [0.3, 0.4) is 0 Å². The van der Waals surface area contributed by atoms with Gasteiger partial charge in [0.25, 0.3) is 0 Å². The molecule has 1 unspecified atom stereocenters. The summed E-state index contributed by atoms with van der Waals surface area (Å²) in [6.45, 7) is 7.75. The van der Waals surface area contributed by atoms with E-state index in [1.54, 1.807) is 0 Å². The average molecular weight is 205 g/mol. The van der Waals surface area contributed by atoms with Gasteiger partial charge in [0.15, 0.2) is 0 Å². The Bertz CT molecular complexity index is 127. The van der Waals surface area contributed by atoms with Crippen LogP contribution in [0, 0.1) is 0 Å². The Morgan fingerprint density at radius 1 is 1.46 bits per heavy atom. The van der Waals surface area contributed by atoms with E-state index in [2.05, 4.69) is 17.5 Å². The molecule has 1 fully saturated rings. The molecule has 1 aliphatic rings. The fourth-order valence-electron chi connectivity index (χ4n) is 1.37. The van der Waals surface area contributed by atoms with Crippen molar-refractivity contribution in [1.29, 1.82) is 0 Å². The monoisotopic (exact) mass is 205 g/mol. The van der Waals surface area contributed by atoms with Crippen LogP contribution >= 0.6 is 12.6 Å². The molecular weight excluding hydrogens is 186 g/mol. The summed E-state index contributed by atoms with van der Waals surface area (Å²) in [5.74, 6) is 0. The van der Waals surface area contributed by atoms with Crippen LogP contribution in [0.5, 0.6) is 0 Å². The summed E-state index contributed by atoms with van der Waals surface area (Å²) in [6.07, 6.45) is 1.09. The Labute approximate surface area is 85.8 Å². The van der Waals surface area contributed by atoms with Crippen molar-refractivity contribution in [3.63, 3.8) is 0 Å². The van der Waals surface area contributed by atoms with E-state index in [-0.39, 0.29) is 5.44 Å². The highest BCUT2D eigenvalue weighted by Crippen LogP contribution is 2.00. The molecule has 1 heterocycles. The second kappa shape index (κ2) is 6.65. The maximum absolute atomic E-state index is 5.34. The summed E-state index contributed by atoms with van der Waals surface area (Å²) in [7, 11) is 0. The van der Waals surface area contributed by atoms with Gasteiger partial charge in [-0.2, -0.15) is 0 Å². The van der Waals surface area contributed by atoms with Gasteiger partial charge in [0.2, 0.25) is 0 Å². The summed E-state index contributed by atoms with van der Waals surface area (Å²) in [6, 6.07) is 0. The van der Waals surface area contributed by atoms with Crippen LogP contribution in [-0.4, -0.2) is 49.8 Å². The summed E-state index contributed by atoms with van der Waals surface area (Å²) in [4.78, 5) is 2.41. The second-order valence-corrected chi connectivity index (χ2v) is 4.00. The lowest BCUT2D eigenvalue weighted by molar-refractivity contribution is 0.0313. The molecule has 1 saturated heterocycles. The van der Waals surface area contributed by atoms with Gasteiger partial charge in [-0.1, -0.05) is 0 Å². The van der Waals surface area contributed by atoms with Crippen molar-refractivity contribution in [3.05, 3.63) is 0 Å². The van der Waals surface area contributed by atoms with Crippen molar-refractivity contribution >= 4 is 12.6 Å². The molecule has 3 nitrogen and oxygen atoms in total. The van der Waals surface area contributed by atoms with Crippen LogP contribution in [0.25, 0.3) is 0 Å². The van der Waals surface area contributed by atoms with E-state index < -0.39 is 0 Å². The Morgan fingerprint density at radius 3 is 2.77 bits per heavy atom. The molecule has 0 aromatic rings. The summed E-state index contributed by atoms with van der Waals surface area (Å²) < 4.78 is 10.6. The molecule has 78 valence electrons. The molecule has 0 spiro atoms. The number of hydrogen-bond acceptors (Lipinski definition) is 4. The van der Waals surface area contributed by atoms with Crippen LogP contribution in [0.2, 0.25) is 0 Å². The van der Waals surface area contributed by atoms with Crippen molar-refractivity contribution in [3.8, 4) is 0 Å². The minimum absolute atomic E-state index is 0.0599. The molecule has 0 aromatic heterocycles. The van der Waals surface area contributed by atoms with E-state index in [0.29, 0.717) is 0 Å². The molecular formula is C9H19NO2S. The Hall–Kier alpha value is 0.230. The predicted octanol–water partition coefficient (Wildman–Crippen LogP) is 1.00. The van der Waals surface area contributed by atoms with Gasteiger partial charge in [-0.05, 0) is 13.3 Å². The SMILES string of the molecule is CC(S)OCCCN1CCOCC1. The van der Waals surface area contributed by atoms with E-state index in [0.717, 1.165) is 45.9 Å². The zero-order valence-electron chi connectivity index (χ0n) is 8.24. The third-order valence-corrected chi connectivity index (χ3v) is 2.23. The van der Waals surface area contributed by atoms with Gasteiger partial charge in [-0.3, -0.25) is 4.90 Å². The molecule has 0 aliphatic carbocycles. The highest BCUT2D eigenvalue weighted by Gasteiger charge is 2.09. The average Bonchev–Trinajstić information content (AvgIpc) is 2.14. The molecule has 0 bridgehead atoms. The summed E-state index contributed by atoms with van der Waals surface area (Å²) >= 11 is 4.14. The van der Waals surface area contributed by atoms with Gasteiger partial charge in [0, 0.05) is 26.2 Å². The topological polar surface area (TPSA) is 21.7 Å². The molecule has 0 aromatic carbocycles. The first-order valence-corrected chi connectivity index (χ1v) is 5.40. The van der Waals surface area contributed by atoms with Crippen molar-refractivity contribution in [2.24, 2.45) is 0 Å². The maximum atomic E-state index is 5.34. The van der Waals surface area contributed by atoms with E-state index in [9.17, 15) is 0 Å². The number of ether oxygens (including phenoxy) is 2. The van der Waals surface area contributed by atoms with Crippen LogP contribution in [0.4, 0.5) is 0 Å². The Balaban J connectivity index is 1.92. The molecule has 1 atom stereocenters. The second-order valence-electron chi connectivity index (χ2n) is 3.28. The van der Waals surface area contributed by atoms with Crippen molar-refractivity contribution in [2.45, 2.75) is 18.8 Å². The van der Waals surface area contributed by atoms with Crippen LogP contribution < -0.4 is 0 Å². The molecule has 0 radical (unpaired) electrons. The van der Waals surface area contributed by atoms with E-state index in [1.165, 1.54) is 0 Å². The molecule has 0 N–H and O–H groups in total. The largest absolute Gasteiger partial charge is 0.379 e. The van der Waals surface area contributed by atoms with Crippen molar-refractivity contribution in [2.75, 3.05) is 39.5 Å². The number of nitrogens with zero attached hydrogens (tertiary/aromatic N) is 1. The lowest BCUT2D eigenvalue weighted by Gasteiger charge is -2.26. The quantitative estimate of drug-likeness (QED) is 0.411. The standard InChI is InChI=1S/C9H19NO2S/c1-9(13)12-6-2-3-10-4-7-11-8-5-10/h9,13H,2-8H2,1H3. The lowest BCUT2D eigenvalue weighted by atomic mass is 10.3. The first-order valence-electron chi connectivity index (χ1n) is 4.89. The fourth-order valence-corrected chi connectivity index (χ4v) is 1.47. The highest BCUT2D eigenvalue weighted by atomic mass is 32.1. The minimum Gasteiger partial charge on any atom is -0.379 e. The van der Waals surface area contributed by atoms with E-state index >= 15 is 0 Å². The highest BCUT2D eigenvalue weighted by molar-refractivity contribution is 7.80. The van der Waals surface area contributed by atoms with Crippen LogP contribution in [0.15, 0.2) is 0 Å². The lowest BCUT2D eigenvalue weighted by Crippen LogP contribution is -2.37. The predicted molar refractivity (Wildman–Crippen MR) is 56.3 cm³/mol. The van der Waals surface area contributed by atoms with Crippen LogP contribution in [0.1, 0.15) is 13.3 Å². The fraction of sp³-hybridized carbons (Fsp3) is 1.00. The van der Waals surface area contributed by atoms with Gasteiger partial charge in [0.1, 0.15) is 0 Å². The Kier molecular flexibility index (Phi) is 5.78. The van der Waals surface area contributed by atoms with Gasteiger partial charge < -0.3 is 9.47 Å². The normalized spacial score (nSPS) is 21.7. The smallest absolute Gasteiger partial charge is 0.0971 e. The summed E-state index contributed by atoms with van der Waals surface area (Å²) in [5.41, 5.74) is 0.0599. The molecule has 13 heavy (non-hydrogen) atoms. The zero-order valence-corrected chi connectivity index (χ0v) is 9.13. The molecule has 1 aliphatic heterocycles. The maximum Gasteiger partial charge on any atom is 0.0971 e. The van der Waals surface area contributed by atoms with Gasteiger partial charge in [-0.25, -0.2) is 0 Å². The van der Waals surface area contributed by atoms with Crippen LogP contribution in [-0.2, 0) is 9.47 Å². The number of morpholine rings is 1. The van der Waals surface area contributed by atoms with Gasteiger partial charge in [0.05, 0.1) is 18.6 Å². The molecule has 4 heteroatoms. The van der Waals surface area contributed by atoms with E-state index in [1.807, 2.05) is 6.92 Å². The Morgan fingerprint density at radius 2 is 2.15 bits per heavy atom. The molecule has 1 rings (SSSR count). The third-order valence-electron chi connectivity index (χ3n) is 2.08. The molecule has 0 saturated carbocycles. The van der Waals surface area contributed by atoms with Gasteiger partial charge in [-0.15, -0.1) is 12.6 Å².